The lowest BCUT2D eigenvalue weighted by Gasteiger charge is -1.96. The third-order valence-electron chi connectivity index (χ3n) is 1.82. The minimum absolute atomic E-state index is 0.0890. The Morgan fingerprint density at radius 1 is 1.50 bits per heavy atom. The van der Waals surface area contributed by atoms with Crippen molar-refractivity contribution in [3.63, 3.8) is 0 Å². The van der Waals surface area contributed by atoms with Gasteiger partial charge in [0.05, 0.1) is 16.5 Å². The second-order valence-corrected chi connectivity index (χ2v) is 3.41. The van der Waals surface area contributed by atoms with Crippen molar-refractivity contribution >= 4 is 40.1 Å². The summed E-state index contributed by atoms with van der Waals surface area (Å²) in [5.74, 6) is -1.05. The van der Waals surface area contributed by atoms with Gasteiger partial charge in [-0.05, 0) is 6.07 Å². The van der Waals surface area contributed by atoms with Crippen molar-refractivity contribution in [2.24, 2.45) is 0 Å². The number of pyridine rings is 1. The van der Waals surface area contributed by atoms with E-state index in [9.17, 15) is 4.79 Å². The van der Waals surface area contributed by atoms with Crippen molar-refractivity contribution in [3.8, 4) is 0 Å². The van der Waals surface area contributed by atoms with Gasteiger partial charge in [0, 0.05) is 6.20 Å². The largest absolute Gasteiger partial charge is 0.478 e. The van der Waals surface area contributed by atoms with Gasteiger partial charge < -0.3 is 10.1 Å². The number of aromatic amines is 1. The Balaban J connectivity index is 2.85. The molecule has 2 N–H and O–H groups in total. The minimum atomic E-state index is -1.05. The predicted octanol–water partition coefficient (Wildman–Crippen LogP) is 2.57. The van der Waals surface area contributed by atoms with Crippen LogP contribution >= 0.6 is 23.2 Å². The number of hydrogen-bond donors (Lipinski definition) is 2. The molecule has 0 atom stereocenters. The molecule has 0 aliphatic heterocycles. The van der Waals surface area contributed by atoms with Gasteiger partial charge in [-0.2, -0.15) is 0 Å². The molecular weight excluding hydrogens is 227 g/mol. The van der Waals surface area contributed by atoms with Gasteiger partial charge in [-0.25, -0.2) is 9.78 Å². The molecule has 2 aromatic rings. The van der Waals surface area contributed by atoms with Crippen LogP contribution in [0.15, 0.2) is 12.3 Å². The molecule has 72 valence electrons. The second-order valence-electron chi connectivity index (χ2n) is 2.67. The SMILES string of the molecule is O=C(O)c1c[nH]c2cc(Cl)nc(Cl)c12. The molecule has 0 fully saturated rings. The van der Waals surface area contributed by atoms with E-state index < -0.39 is 5.97 Å². The molecule has 4 nitrogen and oxygen atoms in total. The van der Waals surface area contributed by atoms with Crippen molar-refractivity contribution in [3.05, 3.63) is 28.1 Å². The Hall–Kier alpha value is -1.26. The van der Waals surface area contributed by atoms with E-state index in [1.54, 1.807) is 0 Å². The van der Waals surface area contributed by atoms with E-state index in [4.69, 9.17) is 28.3 Å². The van der Waals surface area contributed by atoms with Crippen LogP contribution < -0.4 is 0 Å². The highest BCUT2D eigenvalue weighted by atomic mass is 35.5. The highest BCUT2D eigenvalue weighted by Gasteiger charge is 2.14. The van der Waals surface area contributed by atoms with Crippen LogP contribution in [0.5, 0.6) is 0 Å². The van der Waals surface area contributed by atoms with Gasteiger partial charge in [-0.15, -0.1) is 0 Å². The average molecular weight is 231 g/mol. The van der Waals surface area contributed by atoms with Gasteiger partial charge in [-0.3, -0.25) is 0 Å². The third-order valence-corrected chi connectivity index (χ3v) is 2.28. The summed E-state index contributed by atoms with van der Waals surface area (Å²) in [5, 5.41) is 9.52. The molecule has 0 saturated heterocycles. The number of nitrogens with one attached hydrogen (secondary N) is 1. The zero-order valence-corrected chi connectivity index (χ0v) is 8.23. The highest BCUT2D eigenvalue weighted by Crippen LogP contribution is 2.27. The fourth-order valence-electron chi connectivity index (χ4n) is 1.25. The summed E-state index contributed by atoms with van der Waals surface area (Å²) >= 11 is 11.4. The van der Waals surface area contributed by atoms with E-state index in [1.807, 2.05) is 0 Å². The van der Waals surface area contributed by atoms with Crippen LogP contribution in [0.4, 0.5) is 0 Å². The van der Waals surface area contributed by atoms with Gasteiger partial charge in [-0.1, -0.05) is 23.2 Å². The first-order chi connectivity index (χ1) is 6.59. The molecule has 0 aromatic carbocycles. The number of hydrogen-bond acceptors (Lipinski definition) is 2. The predicted molar refractivity (Wildman–Crippen MR) is 53.1 cm³/mol. The van der Waals surface area contributed by atoms with E-state index >= 15 is 0 Å². The number of fused-ring (bicyclic) bond motifs is 1. The van der Waals surface area contributed by atoms with Crippen molar-refractivity contribution in [2.75, 3.05) is 0 Å². The second kappa shape index (κ2) is 3.15. The number of carboxylic acid groups (broad SMARTS) is 1. The van der Waals surface area contributed by atoms with E-state index in [0.29, 0.717) is 10.9 Å². The Morgan fingerprint density at radius 3 is 2.86 bits per heavy atom. The molecule has 0 unspecified atom stereocenters. The van der Waals surface area contributed by atoms with E-state index in [1.165, 1.54) is 12.3 Å². The summed E-state index contributed by atoms with van der Waals surface area (Å²) in [6.45, 7) is 0. The molecule has 6 heteroatoms. The highest BCUT2D eigenvalue weighted by molar-refractivity contribution is 6.37. The summed E-state index contributed by atoms with van der Waals surface area (Å²) in [6, 6.07) is 1.52. The molecule has 14 heavy (non-hydrogen) atoms. The first-order valence-electron chi connectivity index (χ1n) is 3.66. The Bertz CT molecular complexity index is 521. The molecule has 0 radical (unpaired) electrons. The van der Waals surface area contributed by atoms with E-state index in [2.05, 4.69) is 9.97 Å². The summed E-state index contributed by atoms with van der Waals surface area (Å²) in [4.78, 5) is 17.3. The van der Waals surface area contributed by atoms with Gasteiger partial charge in [0.1, 0.15) is 10.3 Å². The zero-order chi connectivity index (χ0) is 10.3. The standard InChI is InChI=1S/C8H4Cl2N2O2/c9-5-1-4-6(7(10)12-5)3(2-11-4)8(13)14/h1-2,11H,(H,13,14). The van der Waals surface area contributed by atoms with Crippen molar-refractivity contribution in [2.45, 2.75) is 0 Å². The van der Waals surface area contributed by atoms with Crippen LogP contribution in [0.3, 0.4) is 0 Å². The lowest BCUT2D eigenvalue weighted by atomic mass is 10.2. The smallest absolute Gasteiger partial charge is 0.337 e. The molecule has 0 amide bonds. The van der Waals surface area contributed by atoms with Crippen molar-refractivity contribution in [1.82, 2.24) is 9.97 Å². The summed E-state index contributed by atoms with van der Waals surface area (Å²) in [7, 11) is 0. The van der Waals surface area contributed by atoms with Crippen LogP contribution in [0.1, 0.15) is 10.4 Å². The fourth-order valence-corrected chi connectivity index (χ4v) is 1.78. The lowest BCUT2D eigenvalue weighted by molar-refractivity contribution is 0.0699. The molecular formula is C8H4Cl2N2O2. The minimum Gasteiger partial charge on any atom is -0.478 e. The number of aromatic carboxylic acids is 1. The molecule has 2 aromatic heterocycles. The summed E-state index contributed by atoms with van der Waals surface area (Å²) in [6.07, 6.45) is 1.36. The number of rotatable bonds is 1. The van der Waals surface area contributed by atoms with E-state index in [-0.39, 0.29) is 15.9 Å². The molecule has 0 spiro atoms. The summed E-state index contributed by atoms with van der Waals surface area (Å²) < 4.78 is 0. The van der Waals surface area contributed by atoms with Gasteiger partial charge >= 0.3 is 5.97 Å². The van der Waals surface area contributed by atoms with Crippen LogP contribution in [0.25, 0.3) is 10.9 Å². The number of carbonyl (C=O) groups is 1. The maximum absolute atomic E-state index is 10.8. The van der Waals surface area contributed by atoms with Crippen molar-refractivity contribution in [1.29, 1.82) is 0 Å². The Kier molecular flexibility index (Phi) is 2.09. The van der Waals surface area contributed by atoms with Gasteiger partial charge in [0.25, 0.3) is 0 Å². The lowest BCUT2D eigenvalue weighted by Crippen LogP contribution is -1.94. The molecule has 0 aliphatic carbocycles. The van der Waals surface area contributed by atoms with Crippen LogP contribution in [0.2, 0.25) is 10.3 Å². The first-order valence-corrected chi connectivity index (χ1v) is 4.41. The zero-order valence-electron chi connectivity index (χ0n) is 6.71. The van der Waals surface area contributed by atoms with Crippen LogP contribution in [-0.2, 0) is 0 Å². The normalized spacial score (nSPS) is 10.7. The van der Waals surface area contributed by atoms with E-state index in [0.717, 1.165) is 0 Å². The quantitative estimate of drug-likeness (QED) is 0.741. The molecule has 2 rings (SSSR count). The fraction of sp³-hybridized carbons (Fsp3) is 0. The maximum atomic E-state index is 10.8. The first kappa shape index (κ1) is 9.30. The summed E-state index contributed by atoms with van der Waals surface area (Å²) in [5.41, 5.74) is 0.654. The number of H-pyrrole nitrogens is 1. The Morgan fingerprint density at radius 2 is 2.21 bits per heavy atom. The number of carboxylic acids is 1. The molecule has 2 heterocycles. The average Bonchev–Trinajstić information content (AvgIpc) is 2.47. The van der Waals surface area contributed by atoms with Gasteiger partial charge in [0.15, 0.2) is 0 Å². The molecule has 0 saturated carbocycles. The molecule has 0 aliphatic rings. The number of nitrogens with zero attached hydrogens (tertiary/aromatic N) is 1. The van der Waals surface area contributed by atoms with Crippen LogP contribution in [0, 0.1) is 0 Å². The number of aromatic nitrogens is 2. The number of halogens is 2. The Labute approximate surface area is 88.5 Å². The van der Waals surface area contributed by atoms with Crippen LogP contribution in [-0.4, -0.2) is 21.0 Å². The molecule has 0 bridgehead atoms. The monoisotopic (exact) mass is 230 g/mol. The maximum Gasteiger partial charge on any atom is 0.337 e. The van der Waals surface area contributed by atoms with Gasteiger partial charge in [0.2, 0.25) is 0 Å². The van der Waals surface area contributed by atoms with Crippen molar-refractivity contribution < 1.29 is 9.90 Å². The topological polar surface area (TPSA) is 66.0 Å². The third kappa shape index (κ3) is 1.32.